The summed E-state index contributed by atoms with van der Waals surface area (Å²) < 4.78 is 5.42. The highest BCUT2D eigenvalue weighted by Gasteiger charge is 2.45. The lowest BCUT2D eigenvalue weighted by molar-refractivity contribution is -0.148. The van der Waals surface area contributed by atoms with Crippen LogP contribution in [-0.2, 0) is 4.79 Å². The van der Waals surface area contributed by atoms with Gasteiger partial charge in [-0.25, -0.2) is 9.59 Å². The fourth-order valence-electron chi connectivity index (χ4n) is 2.03. The van der Waals surface area contributed by atoms with Gasteiger partial charge in [-0.3, -0.25) is 0 Å². The molecule has 3 N–H and O–H groups in total. The molecule has 0 aromatic heterocycles. The Balaban J connectivity index is 1.67. The molecule has 0 atom stereocenters. The number of amides is 2. The summed E-state index contributed by atoms with van der Waals surface area (Å²) in [5, 5.41) is 14.2. The first-order valence-electron chi connectivity index (χ1n) is 6.60. The number of rotatable bonds is 6. The van der Waals surface area contributed by atoms with Crippen molar-refractivity contribution >= 4 is 12.0 Å². The standard InChI is InChI=1S/C14H18N2O4/c17-12(18)14(7-4-8-14)16-13(19)15-9-10-20-11-5-2-1-3-6-11/h1-3,5-6H,4,7-10H2,(H,17,18)(H2,15,16,19). The van der Waals surface area contributed by atoms with E-state index >= 15 is 0 Å². The molecule has 108 valence electrons. The predicted octanol–water partition coefficient (Wildman–Crippen LogP) is 1.37. The smallest absolute Gasteiger partial charge is 0.329 e. The second-order valence-electron chi connectivity index (χ2n) is 4.78. The number of carboxylic acids is 1. The minimum absolute atomic E-state index is 0.316. The number of nitrogens with one attached hydrogen (secondary N) is 2. The maximum Gasteiger partial charge on any atom is 0.329 e. The van der Waals surface area contributed by atoms with E-state index in [1.807, 2.05) is 30.3 Å². The van der Waals surface area contributed by atoms with Crippen molar-refractivity contribution in [3.05, 3.63) is 30.3 Å². The molecular weight excluding hydrogens is 260 g/mol. The molecule has 2 amide bonds. The topological polar surface area (TPSA) is 87.7 Å². The molecule has 1 saturated carbocycles. The highest BCUT2D eigenvalue weighted by atomic mass is 16.5. The monoisotopic (exact) mass is 278 g/mol. The summed E-state index contributed by atoms with van der Waals surface area (Å²) in [5.74, 6) is -0.241. The zero-order chi connectivity index (χ0) is 14.4. The lowest BCUT2D eigenvalue weighted by Gasteiger charge is -2.38. The molecule has 0 heterocycles. The van der Waals surface area contributed by atoms with Crippen LogP contribution in [-0.4, -0.2) is 35.8 Å². The van der Waals surface area contributed by atoms with Gasteiger partial charge in [-0.2, -0.15) is 0 Å². The molecule has 20 heavy (non-hydrogen) atoms. The first kappa shape index (κ1) is 14.2. The van der Waals surface area contributed by atoms with Crippen LogP contribution in [0.15, 0.2) is 30.3 Å². The van der Waals surface area contributed by atoms with Crippen LogP contribution in [0.4, 0.5) is 4.79 Å². The summed E-state index contributed by atoms with van der Waals surface area (Å²) in [6, 6.07) is 8.80. The molecule has 6 heteroatoms. The maximum atomic E-state index is 11.6. The number of benzene rings is 1. The van der Waals surface area contributed by atoms with Crippen molar-refractivity contribution in [2.75, 3.05) is 13.2 Å². The fourth-order valence-corrected chi connectivity index (χ4v) is 2.03. The molecule has 6 nitrogen and oxygen atoms in total. The summed E-state index contributed by atoms with van der Waals surface area (Å²) in [7, 11) is 0. The normalized spacial score (nSPS) is 15.8. The number of para-hydroxylation sites is 1. The van der Waals surface area contributed by atoms with Crippen molar-refractivity contribution in [1.29, 1.82) is 0 Å². The fraction of sp³-hybridized carbons (Fsp3) is 0.429. The number of carbonyl (C=O) groups is 2. The van der Waals surface area contributed by atoms with Gasteiger partial charge in [0.25, 0.3) is 0 Å². The van der Waals surface area contributed by atoms with E-state index in [4.69, 9.17) is 9.84 Å². The van der Waals surface area contributed by atoms with Gasteiger partial charge in [0, 0.05) is 0 Å². The van der Waals surface area contributed by atoms with Crippen molar-refractivity contribution in [2.24, 2.45) is 0 Å². The van der Waals surface area contributed by atoms with Gasteiger partial charge in [0.1, 0.15) is 17.9 Å². The second-order valence-corrected chi connectivity index (χ2v) is 4.78. The highest BCUT2D eigenvalue weighted by molar-refractivity contribution is 5.87. The average molecular weight is 278 g/mol. The van der Waals surface area contributed by atoms with Crippen LogP contribution in [0.1, 0.15) is 19.3 Å². The van der Waals surface area contributed by atoms with Crippen molar-refractivity contribution < 1.29 is 19.4 Å². The third-order valence-corrected chi connectivity index (χ3v) is 3.37. The summed E-state index contributed by atoms with van der Waals surface area (Å²) in [6.45, 7) is 0.647. The molecule has 0 saturated heterocycles. The largest absolute Gasteiger partial charge is 0.492 e. The number of carboxylic acid groups (broad SMARTS) is 1. The molecule has 1 aliphatic carbocycles. The molecule has 0 aliphatic heterocycles. The molecule has 1 fully saturated rings. The van der Waals surface area contributed by atoms with Gasteiger partial charge in [0.2, 0.25) is 0 Å². The third-order valence-electron chi connectivity index (χ3n) is 3.37. The molecule has 0 unspecified atom stereocenters. The Kier molecular flexibility index (Phi) is 4.45. The second kappa shape index (κ2) is 6.27. The Hall–Kier alpha value is -2.24. The molecule has 0 radical (unpaired) electrons. The van der Waals surface area contributed by atoms with E-state index in [0.717, 1.165) is 12.2 Å². The van der Waals surface area contributed by atoms with E-state index in [1.165, 1.54) is 0 Å². The average Bonchev–Trinajstić information content (AvgIpc) is 2.40. The Labute approximate surface area is 117 Å². The molecule has 2 rings (SSSR count). The van der Waals surface area contributed by atoms with Crippen LogP contribution in [0.2, 0.25) is 0 Å². The van der Waals surface area contributed by atoms with Crippen molar-refractivity contribution in [1.82, 2.24) is 10.6 Å². The summed E-state index contributed by atoms with van der Waals surface area (Å²) >= 11 is 0. The quantitative estimate of drug-likeness (QED) is 0.686. The molecule has 0 bridgehead atoms. The Morgan fingerprint density at radius 3 is 2.50 bits per heavy atom. The molecule has 1 aromatic rings. The number of urea groups is 1. The van der Waals surface area contributed by atoms with Crippen LogP contribution in [0.3, 0.4) is 0 Å². The van der Waals surface area contributed by atoms with Gasteiger partial charge in [-0.1, -0.05) is 18.2 Å². The van der Waals surface area contributed by atoms with E-state index < -0.39 is 17.5 Å². The van der Waals surface area contributed by atoms with Crippen LogP contribution in [0.5, 0.6) is 5.75 Å². The predicted molar refractivity (Wildman–Crippen MR) is 72.7 cm³/mol. The number of hydrogen-bond acceptors (Lipinski definition) is 3. The zero-order valence-electron chi connectivity index (χ0n) is 11.1. The number of hydrogen-bond donors (Lipinski definition) is 3. The summed E-state index contributed by atoms with van der Waals surface area (Å²) in [6.07, 6.45) is 1.79. The number of ether oxygens (including phenoxy) is 1. The van der Waals surface area contributed by atoms with Gasteiger partial charge in [-0.05, 0) is 31.4 Å². The Morgan fingerprint density at radius 1 is 1.25 bits per heavy atom. The van der Waals surface area contributed by atoms with Crippen LogP contribution in [0, 0.1) is 0 Å². The first-order chi connectivity index (χ1) is 9.62. The number of carbonyl (C=O) groups excluding carboxylic acids is 1. The van der Waals surface area contributed by atoms with Gasteiger partial charge < -0.3 is 20.5 Å². The molecular formula is C14H18N2O4. The SMILES string of the molecule is O=C(NCCOc1ccccc1)NC1(C(=O)O)CCC1. The Bertz CT molecular complexity index is 471. The van der Waals surface area contributed by atoms with Crippen LogP contribution >= 0.6 is 0 Å². The van der Waals surface area contributed by atoms with Crippen molar-refractivity contribution in [2.45, 2.75) is 24.8 Å². The van der Waals surface area contributed by atoms with Gasteiger partial charge >= 0.3 is 12.0 Å². The minimum Gasteiger partial charge on any atom is -0.492 e. The van der Waals surface area contributed by atoms with Gasteiger partial charge in [-0.15, -0.1) is 0 Å². The summed E-state index contributed by atoms with van der Waals surface area (Å²) in [5.41, 5.74) is -1.08. The molecule has 1 aliphatic rings. The maximum absolute atomic E-state index is 11.6. The van der Waals surface area contributed by atoms with Gasteiger partial charge in [0.15, 0.2) is 0 Å². The lowest BCUT2D eigenvalue weighted by atomic mass is 9.77. The van der Waals surface area contributed by atoms with Crippen molar-refractivity contribution in [3.8, 4) is 5.75 Å². The van der Waals surface area contributed by atoms with E-state index in [2.05, 4.69) is 10.6 Å². The molecule has 0 spiro atoms. The summed E-state index contributed by atoms with van der Waals surface area (Å²) in [4.78, 5) is 22.7. The zero-order valence-corrected chi connectivity index (χ0v) is 11.1. The highest BCUT2D eigenvalue weighted by Crippen LogP contribution is 2.31. The van der Waals surface area contributed by atoms with Gasteiger partial charge in [0.05, 0.1) is 6.54 Å². The van der Waals surface area contributed by atoms with Crippen LogP contribution < -0.4 is 15.4 Å². The van der Waals surface area contributed by atoms with Crippen LogP contribution in [0.25, 0.3) is 0 Å². The molecule has 1 aromatic carbocycles. The van der Waals surface area contributed by atoms with Crippen molar-refractivity contribution in [3.63, 3.8) is 0 Å². The minimum atomic E-state index is -1.08. The third kappa shape index (κ3) is 3.40. The van der Waals surface area contributed by atoms with E-state index in [1.54, 1.807) is 0 Å². The van der Waals surface area contributed by atoms with E-state index in [0.29, 0.717) is 26.0 Å². The lowest BCUT2D eigenvalue weighted by Crippen LogP contribution is -2.61. The first-order valence-corrected chi connectivity index (χ1v) is 6.60. The van der Waals surface area contributed by atoms with E-state index in [9.17, 15) is 9.59 Å². The number of aliphatic carboxylic acids is 1. The Morgan fingerprint density at radius 2 is 1.95 bits per heavy atom. The van der Waals surface area contributed by atoms with E-state index in [-0.39, 0.29) is 0 Å².